The van der Waals surface area contributed by atoms with E-state index in [0.29, 0.717) is 22.2 Å². The Labute approximate surface area is 149 Å². The first-order valence-corrected chi connectivity index (χ1v) is 9.49. The molecule has 1 aliphatic rings. The van der Waals surface area contributed by atoms with Gasteiger partial charge in [-0.25, -0.2) is 0 Å². The third-order valence-electron chi connectivity index (χ3n) is 4.34. The number of nitrogens with zero attached hydrogens (tertiary/aromatic N) is 1. The molecule has 0 saturated heterocycles. The molecule has 3 rings (SSSR count). The van der Waals surface area contributed by atoms with Gasteiger partial charge >= 0.3 is 0 Å². The van der Waals surface area contributed by atoms with E-state index in [1.165, 1.54) is 11.8 Å². The van der Waals surface area contributed by atoms with Crippen molar-refractivity contribution in [1.82, 2.24) is 9.78 Å². The topological polar surface area (TPSA) is 66.9 Å². The first-order valence-electron chi connectivity index (χ1n) is 8.06. The van der Waals surface area contributed by atoms with Crippen LogP contribution in [0.1, 0.15) is 49.1 Å². The number of rotatable bonds is 4. The number of carbonyl (C=O) groups is 1. The molecule has 128 valence electrons. The van der Waals surface area contributed by atoms with E-state index in [0.717, 1.165) is 18.4 Å². The van der Waals surface area contributed by atoms with Crippen LogP contribution in [0.2, 0.25) is 5.02 Å². The molecule has 0 bridgehead atoms. The van der Waals surface area contributed by atoms with Crippen LogP contribution in [0.3, 0.4) is 0 Å². The minimum Gasteiger partial charge on any atom is -0.310 e. The molecule has 1 atom stereocenters. The minimum atomic E-state index is -0.199. The van der Waals surface area contributed by atoms with Crippen molar-refractivity contribution >= 4 is 35.1 Å². The van der Waals surface area contributed by atoms with Crippen LogP contribution in [-0.2, 0) is 4.79 Å². The molecule has 2 aromatic rings. The maximum atomic E-state index is 12.7. The molecule has 0 saturated carbocycles. The van der Waals surface area contributed by atoms with Crippen LogP contribution < -0.4 is 10.9 Å². The highest BCUT2D eigenvalue weighted by atomic mass is 35.5. The summed E-state index contributed by atoms with van der Waals surface area (Å²) in [5.74, 6) is 0.824. The van der Waals surface area contributed by atoms with Gasteiger partial charge in [0.1, 0.15) is 5.82 Å². The van der Waals surface area contributed by atoms with Crippen LogP contribution in [0, 0.1) is 0 Å². The van der Waals surface area contributed by atoms with Gasteiger partial charge in [-0.3, -0.25) is 19.4 Å². The van der Waals surface area contributed by atoms with E-state index >= 15 is 0 Å². The van der Waals surface area contributed by atoms with E-state index < -0.39 is 0 Å². The summed E-state index contributed by atoms with van der Waals surface area (Å²) in [6.07, 6.45) is 1.75. The lowest BCUT2D eigenvalue weighted by atomic mass is 10.1. The SMILES string of the molecule is CCC(CC)n1[nH]c(=O)c2c1NC(=O)CS[C@H]2c1ccc(Cl)cc1. The van der Waals surface area contributed by atoms with Crippen molar-refractivity contribution in [2.45, 2.75) is 38.0 Å². The summed E-state index contributed by atoms with van der Waals surface area (Å²) >= 11 is 7.44. The molecule has 24 heavy (non-hydrogen) atoms. The van der Waals surface area contributed by atoms with Crippen LogP contribution in [-0.4, -0.2) is 21.4 Å². The first-order chi connectivity index (χ1) is 11.5. The van der Waals surface area contributed by atoms with Crippen molar-refractivity contribution in [3.05, 3.63) is 50.8 Å². The van der Waals surface area contributed by atoms with Gasteiger partial charge in [-0.2, -0.15) is 0 Å². The van der Waals surface area contributed by atoms with E-state index in [1.807, 2.05) is 28.9 Å². The number of nitrogens with one attached hydrogen (secondary N) is 2. The first kappa shape index (κ1) is 17.2. The Morgan fingerprint density at radius 3 is 2.54 bits per heavy atom. The molecular weight excluding hydrogens is 346 g/mol. The number of aromatic nitrogens is 2. The summed E-state index contributed by atoms with van der Waals surface area (Å²) in [5.41, 5.74) is 1.43. The number of H-pyrrole nitrogens is 1. The van der Waals surface area contributed by atoms with E-state index in [-0.39, 0.29) is 22.8 Å². The Kier molecular flexibility index (Phi) is 5.06. The van der Waals surface area contributed by atoms with Gasteiger partial charge in [0.15, 0.2) is 0 Å². The predicted octanol–water partition coefficient (Wildman–Crippen LogP) is 3.97. The van der Waals surface area contributed by atoms with Crippen LogP contribution in [0.25, 0.3) is 0 Å². The summed E-state index contributed by atoms with van der Waals surface area (Å²) in [7, 11) is 0. The van der Waals surface area contributed by atoms with Gasteiger partial charge in [0.05, 0.1) is 22.6 Å². The van der Waals surface area contributed by atoms with Crippen molar-refractivity contribution in [2.75, 3.05) is 11.1 Å². The molecule has 1 aliphatic heterocycles. The molecule has 1 aromatic carbocycles. The van der Waals surface area contributed by atoms with Crippen LogP contribution in [0.15, 0.2) is 29.1 Å². The van der Waals surface area contributed by atoms with E-state index in [1.54, 1.807) is 0 Å². The standard InChI is InChI=1S/C17H20ClN3O2S/c1-3-12(4-2)21-16-14(17(23)20-21)15(24-9-13(22)19-16)10-5-7-11(18)8-6-10/h5-8,12,15H,3-4,9H2,1-2H3,(H,19,22)(H,20,23)/t15-/m0/s1. The van der Waals surface area contributed by atoms with Crippen molar-refractivity contribution in [3.8, 4) is 0 Å². The van der Waals surface area contributed by atoms with E-state index in [2.05, 4.69) is 24.3 Å². The second-order valence-corrected chi connectivity index (χ2v) is 7.36. The fourth-order valence-electron chi connectivity index (χ4n) is 3.07. The molecule has 2 N–H and O–H groups in total. The fraction of sp³-hybridized carbons (Fsp3) is 0.412. The molecule has 7 heteroatoms. The monoisotopic (exact) mass is 365 g/mol. The largest absolute Gasteiger partial charge is 0.310 e. The van der Waals surface area contributed by atoms with Gasteiger partial charge in [-0.05, 0) is 30.5 Å². The lowest BCUT2D eigenvalue weighted by molar-refractivity contribution is -0.113. The average Bonchev–Trinajstić information content (AvgIpc) is 2.77. The number of hydrogen-bond donors (Lipinski definition) is 2. The second kappa shape index (κ2) is 7.07. The average molecular weight is 366 g/mol. The molecule has 0 fully saturated rings. The molecule has 0 unspecified atom stereocenters. The summed E-state index contributed by atoms with van der Waals surface area (Å²) in [4.78, 5) is 24.8. The maximum Gasteiger partial charge on any atom is 0.270 e. The number of aromatic amines is 1. The normalized spacial score (nSPS) is 17.5. The lowest BCUT2D eigenvalue weighted by Gasteiger charge is -2.18. The molecule has 1 aromatic heterocycles. The third-order valence-corrected chi connectivity index (χ3v) is 5.87. The van der Waals surface area contributed by atoms with Gasteiger partial charge in [0.25, 0.3) is 5.56 Å². The van der Waals surface area contributed by atoms with Crippen molar-refractivity contribution in [1.29, 1.82) is 0 Å². The highest BCUT2D eigenvalue weighted by molar-refractivity contribution is 8.00. The number of hydrogen-bond acceptors (Lipinski definition) is 3. The van der Waals surface area contributed by atoms with Crippen molar-refractivity contribution < 1.29 is 4.79 Å². The molecular formula is C17H20ClN3O2S. The number of benzene rings is 1. The zero-order valence-corrected chi connectivity index (χ0v) is 15.2. The van der Waals surface area contributed by atoms with Crippen LogP contribution in [0.5, 0.6) is 0 Å². The summed E-state index contributed by atoms with van der Waals surface area (Å²) < 4.78 is 1.82. The Bertz CT molecular complexity index is 793. The maximum absolute atomic E-state index is 12.7. The zero-order valence-electron chi connectivity index (χ0n) is 13.6. The molecule has 5 nitrogen and oxygen atoms in total. The number of carbonyl (C=O) groups excluding carboxylic acids is 1. The van der Waals surface area contributed by atoms with Crippen LogP contribution >= 0.6 is 23.4 Å². The number of amides is 1. The van der Waals surface area contributed by atoms with Gasteiger partial charge in [-0.15, -0.1) is 11.8 Å². The predicted molar refractivity (Wildman–Crippen MR) is 99.1 cm³/mol. The summed E-state index contributed by atoms with van der Waals surface area (Å²) in [6, 6.07) is 7.59. The molecule has 0 radical (unpaired) electrons. The zero-order chi connectivity index (χ0) is 17.3. The Morgan fingerprint density at radius 1 is 1.25 bits per heavy atom. The number of anilines is 1. The molecule has 2 heterocycles. The van der Waals surface area contributed by atoms with Crippen LogP contribution in [0.4, 0.5) is 5.82 Å². The highest BCUT2D eigenvalue weighted by Gasteiger charge is 2.31. The van der Waals surface area contributed by atoms with Gasteiger partial charge in [0, 0.05) is 5.02 Å². The Hall–Kier alpha value is -1.66. The van der Waals surface area contributed by atoms with Crippen molar-refractivity contribution in [3.63, 3.8) is 0 Å². The third kappa shape index (κ3) is 3.13. The van der Waals surface area contributed by atoms with Gasteiger partial charge in [0.2, 0.25) is 5.91 Å². The van der Waals surface area contributed by atoms with Gasteiger partial charge in [-0.1, -0.05) is 37.6 Å². The number of thioether (sulfide) groups is 1. The Balaban J connectivity index is 2.15. The molecule has 1 amide bonds. The Morgan fingerprint density at radius 2 is 1.92 bits per heavy atom. The van der Waals surface area contributed by atoms with E-state index in [9.17, 15) is 9.59 Å². The number of fused-ring (bicyclic) bond motifs is 1. The smallest absolute Gasteiger partial charge is 0.270 e. The second-order valence-electron chi connectivity index (χ2n) is 5.83. The fourth-order valence-corrected chi connectivity index (χ4v) is 4.32. The molecule has 0 aliphatic carbocycles. The summed E-state index contributed by atoms with van der Waals surface area (Å²) in [6.45, 7) is 4.14. The highest BCUT2D eigenvalue weighted by Crippen LogP contribution is 2.40. The van der Waals surface area contributed by atoms with E-state index in [4.69, 9.17) is 11.6 Å². The lowest BCUT2D eigenvalue weighted by Crippen LogP contribution is -2.19. The number of halogens is 1. The molecule has 0 spiro atoms. The summed E-state index contributed by atoms with van der Waals surface area (Å²) in [5, 5.41) is 6.29. The van der Waals surface area contributed by atoms with Crippen molar-refractivity contribution in [2.24, 2.45) is 0 Å². The minimum absolute atomic E-state index is 0.0866. The van der Waals surface area contributed by atoms with Gasteiger partial charge < -0.3 is 5.32 Å². The quantitative estimate of drug-likeness (QED) is 0.861.